The van der Waals surface area contributed by atoms with Crippen molar-refractivity contribution in [3.05, 3.63) is 47.0 Å². The molecule has 0 fully saturated rings. The van der Waals surface area contributed by atoms with E-state index in [0.717, 1.165) is 0 Å². The topological polar surface area (TPSA) is 67.2 Å². The van der Waals surface area contributed by atoms with Crippen molar-refractivity contribution >= 4 is 23.3 Å². The highest BCUT2D eigenvalue weighted by atomic mass is 35.5. The average Bonchev–Trinajstić information content (AvgIpc) is 2.89. The molecule has 0 saturated heterocycles. The molecule has 5 nitrogen and oxygen atoms in total. The summed E-state index contributed by atoms with van der Waals surface area (Å²) in [5.74, 6) is 0.917. The quantitative estimate of drug-likeness (QED) is 0.890. The first-order valence-electron chi connectivity index (χ1n) is 5.35. The fraction of sp³-hybridized carbons (Fsp3) is 0.167. The van der Waals surface area contributed by atoms with E-state index in [1.54, 1.807) is 37.6 Å². The number of pyridine rings is 1. The van der Waals surface area contributed by atoms with Crippen LogP contribution in [0.1, 0.15) is 16.2 Å². The first kappa shape index (κ1) is 12.4. The van der Waals surface area contributed by atoms with Gasteiger partial charge in [0.2, 0.25) is 0 Å². The molecule has 2 aromatic rings. The maximum atomic E-state index is 11.9. The molecule has 0 bridgehead atoms. The number of carbonyl (C=O) groups excluding carboxylic acids is 1. The van der Waals surface area contributed by atoms with Crippen LogP contribution in [0.15, 0.2) is 34.9 Å². The number of furan rings is 1. The Labute approximate surface area is 109 Å². The lowest BCUT2D eigenvalue weighted by Gasteiger charge is -2.06. The number of aromatic nitrogens is 1. The van der Waals surface area contributed by atoms with Crippen molar-refractivity contribution in [1.29, 1.82) is 0 Å². The molecule has 94 valence electrons. The minimum atomic E-state index is -0.339. The second-order valence-corrected chi connectivity index (χ2v) is 3.95. The number of carbonyl (C=O) groups is 1. The summed E-state index contributed by atoms with van der Waals surface area (Å²) in [6.45, 7) is 0.299. The summed E-state index contributed by atoms with van der Waals surface area (Å²) in [4.78, 5) is 16.0. The maximum absolute atomic E-state index is 11.9. The van der Waals surface area contributed by atoms with Gasteiger partial charge in [-0.05, 0) is 24.3 Å². The van der Waals surface area contributed by atoms with E-state index in [4.69, 9.17) is 16.0 Å². The lowest BCUT2D eigenvalue weighted by molar-refractivity contribution is 0.0943. The predicted octanol–water partition coefficient (Wildman–Crippen LogP) is 2.30. The Morgan fingerprint density at radius 3 is 2.94 bits per heavy atom. The number of anilines is 1. The molecular weight excluding hydrogens is 254 g/mol. The first-order chi connectivity index (χ1) is 8.70. The van der Waals surface area contributed by atoms with Gasteiger partial charge in [-0.1, -0.05) is 11.6 Å². The lowest BCUT2D eigenvalue weighted by atomic mass is 10.3. The number of rotatable bonds is 4. The molecule has 2 heterocycles. The van der Waals surface area contributed by atoms with Gasteiger partial charge in [0, 0.05) is 7.05 Å². The zero-order chi connectivity index (χ0) is 13.0. The highest BCUT2D eigenvalue weighted by Gasteiger charge is 2.13. The summed E-state index contributed by atoms with van der Waals surface area (Å²) in [5.41, 5.74) is 0.190. The van der Waals surface area contributed by atoms with Crippen molar-refractivity contribution in [2.75, 3.05) is 12.4 Å². The summed E-state index contributed by atoms with van der Waals surface area (Å²) >= 11 is 5.93. The molecule has 1 amide bonds. The Bertz CT molecular complexity index is 540. The molecule has 2 aromatic heterocycles. The van der Waals surface area contributed by atoms with Gasteiger partial charge >= 0.3 is 0 Å². The van der Waals surface area contributed by atoms with Gasteiger partial charge in [0.1, 0.15) is 17.3 Å². The molecule has 2 N–H and O–H groups in total. The van der Waals surface area contributed by atoms with E-state index >= 15 is 0 Å². The summed E-state index contributed by atoms with van der Waals surface area (Å²) in [6, 6.07) is 6.86. The molecule has 0 aliphatic carbocycles. The Kier molecular flexibility index (Phi) is 3.84. The second-order valence-electron chi connectivity index (χ2n) is 3.54. The van der Waals surface area contributed by atoms with Crippen LogP contribution in [-0.2, 0) is 6.54 Å². The van der Waals surface area contributed by atoms with E-state index in [9.17, 15) is 4.79 Å². The standard InChI is InChI=1S/C12H12ClN3O2/c1-14-10-5-4-9(13)11(16-10)12(17)15-7-8-3-2-6-18-8/h2-6H,7H2,1H3,(H,14,16)(H,15,17). The molecule has 18 heavy (non-hydrogen) atoms. The third kappa shape index (κ3) is 2.81. The molecule has 0 saturated carbocycles. The van der Waals surface area contributed by atoms with Crippen molar-refractivity contribution in [1.82, 2.24) is 10.3 Å². The van der Waals surface area contributed by atoms with Gasteiger partial charge in [0.25, 0.3) is 5.91 Å². The third-order valence-electron chi connectivity index (χ3n) is 2.32. The van der Waals surface area contributed by atoms with Gasteiger partial charge < -0.3 is 15.1 Å². The Hall–Kier alpha value is -2.01. The summed E-state index contributed by atoms with van der Waals surface area (Å²) < 4.78 is 5.11. The van der Waals surface area contributed by atoms with Crippen molar-refractivity contribution < 1.29 is 9.21 Å². The van der Waals surface area contributed by atoms with Crippen molar-refractivity contribution in [3.63, 3.8) is 0 Å². The monoisotopic (exact) mass is 265 g/mol. The normalized spacial score (nSPS) is 10.1. The number of amides is 1. The van der Waals surface area contributed by atoms with E-state index in [2.05, 4.69) is 15.6 Å². The Morgan fingerprint density at radius 1 is 1.44 bits per heavy atom. The zero-order valence-electron chi connectivity index (χ0n) is 9.74. The average molecular weight is 266 g/mol. The summed E-state index contributed by atoms with van der Waals surface area (Å²) in [5, 5.41) is 5.85. The number of hydrogen-bond acceptors (Lipinski definition) is 4. The van der Waals surface area contributed by atoms with Gasteiger partial charge in [-0.25, -0.2) is 4.98 Å². The largest absolute Gasteiger partial charge is 0.467 e. The minimum absolute atomic E-state index is 0.190. The minimum Gasteiger partial charge on any atom is -0.467 e. The molecule has 0 radical (unpaired) electrons. The number of hydrogen-bond donors (Lipinski definition) is 2. The van der Waals surface area contributed by atoms with Crippen LogP contribution in [0.3, 0.4) is 0 Å². The number of nitrogens with zero attached hydrogens (tertiary/aromatic N) is 1. The molecule has 0 unspecified atom stereocenters. The highest BCUT2D eigenvalue weighted by molar-refractivity contribution is 6.33. The fourth-order valence-electron chi connectivity index (χ4n) is 1.40. The zero-order valence-corrected chi connectivity index (χ0v) is 10.5. The van der Waals surface area contributed by atoms with E-state index in [1.807, 2.05) is 0 Å². The first-order valence-corrected chi connectivity index (χ1v) is 5.73. The third-order valence-corrected chi connectivity index (χ3v) is 2.63. The SMILES string of the molecule is CNc1ccc(Cl)c(C(=O)NCc2ccco2)n1. The smallest absolute Gasteiger partial charge is 0.271 e. The predicted molar refractivity (Wildman–Crippen MR) is 68.7 cm³/mol. The van der Waals surface area contributed by atoms with Crippen LogP contribution < -0.4 is 10.6 Å². The van der Waals surface area contributed by atoms with Crippen molar-refractivity contribution in [2.45, 2.75) is 6.54 Å². The lowest BCUT2D eigenvalue weighted by Crippen LogP contribution is -2.24. The van der Waals surface area contributed by atoms with Crippen molar-refractivity contribution in [2.24, 2.45) is 0 Å². The van der Waals surface area contributed by atoms with Gasteiger partial charge in [-0.3, -0.25) is 4.79 Å². The van der Waals surface area contributed by atoms with Crippen LogP contribution in [0, 0.1) is 0 Å². The van der Waals surface area contributed by atoms with Crippen LogP contribution in [-0.4, -0.2) is 17.9 Å². The van der Waals surface area contributed by atoms with Crippen LogP contribution in [0.5, 0.6) is 0 Å². The van der Waals surface area contributed by atoms with Crippen LogP contribution >= 0.6 is 11.6 Å². The van der Waals surface area contributed by atoms with E-state index in [0.29, 0.717) is 23.1 Å². The molecular formula is C12H12ClN3O2. The van der Waals surface area contributed by atoms with E-state index < -0.39 is 0 Å². The van der Waals surface area contributed by atoms with Gasteiger partial charge in [-0.2, -0.15) is 0 Å². The van der Waals surface area contributed by atoms with Crippen LogP contribution in [0.4, 0.5) is 5.82 Å². The van der Waals surface area contributed by atoms with Crippen LogP contribution in [0.25, 0.3) is 0 Å². The van der Waals surface area contributed by atoms with Crippen molar-refractivity contribution in [3.8, 4) is 0 Å². The molecule has 0 atom stereocenters. The van der Waals surface area contributed by atoms with Crippen LogP contribution in [0.2, 0.25) is 5.02 Å². The van der Waals surface area contributed by atoms with Gasteiger partial charge in [0.05, 0.1) is 17.8 Å². The second kappa shape index (κ2) is 5.55. The maximum Gasteiger partial charge on any atom is 0.271 e. The molecule has 0 aliphatic heterocycles. The fourth-order valence-corrected chi connectivity index (χ4v) is 1.60. The Balaban J connectivity index is 2.08. The summed E-state index contributed by atoms with van der Waals surface area (Å²) in [7, 11) is 1.72. The number of nitrogens with one attached hydrogen (secondary N) is 2. The van der Waals surface area contributed by atoms with Gasteiger partial charge in [-0.15, -0.1) is 0 Å². The molecule has 2 rings (SSSR count). The molecule has 0 spiro atoms. The molecule has 0 aliphatic rings. The van der Waals surface area contributed by atoms with Gasteiger partial charge in [0.15, 0.2) is 0 Å². The van der Waals surface area contributed by atoms with E-state index in [1.165, 1.54) is 0 Å². The Morgan fingerprint density at radius 2 is 2.28 bits per heavy atom. The molecule has 0 aromatic carbocycles. The molecule has 6 heteroatoms. The highest BCUT2D eigenvalue weighted by Crippen LogP contribution is 2.16. The van der Waals surface area contributed by atoms with E-state index in [-0.39, 0.29) is 11.6 Å². The number of halogens is 1. The summed E-state index contributed by atoms with van der Waals surface area (Å²) in [6.07, 6.45) is 1.55.